The molecule has 130 valence electrons. The van der Waals surface area contributed by atoms with Gasteiger partial charge in [0, 0.05) is 63.1 Å². The lowest BCUT2D eigenvalue weighted by Crippen LogP contribution is -2.50. The summed E-state index contributed by atoms with van der Waals surface area (Å²) >= 11 is 0. The summed E-state index contributed by atoms with van der Waals surface area (Å²) in [6.07, 6.45) is 3.15. The van der Waals surface area contributed by atoms with E-state index in [0.717, 1.165) is 44.8 Å². The zero-order valence-corrected chi connectivity index (χ0v) is 14.7. The van der Waals surface area contributed by atoms with E-state index >= 15 is 0 Å². The molecule has 0 aliphatic carbocycles. The quantitative estimate of drug-likeness (QED) is 0.881. The molecule has 1 aromatic carbocycles. The number of piperazine rings is 1. The normalized spacial score (nSPS) is 18.0. The summed E-state index contributed by atoms with van der Waals surface area (Å²) in [7, 11) is 1.99. The Bertz CT molecular complexity index is 628. The first-order valence-corrected chi connectivity index (χ1v) is 8.86. The molecular weight excluding hydrogens is 300 g/mol. The third kappa shape index (κ3) is 3.86. The van der Waals surface area contributed by atoms with E-state index in [2.05, 4.69) is 52.3 Å². The van der Waals surface area contributed by atoms with E-state index in [-0.39, 0.29) is 6.61 Å². The van der Waals surface area contributed by atoms with Crippen LogP contribution in [0.5, 0.6) is 0 Å². The molecule has 1 aliphatic heterocycles. The maximum Gasteiger partial charge on any atom is 0.0968 e. The Balaban J connectivity index is 1.66. The number of rotatable bonds is 6. The summed E-state index contributed by atoms with van der Waals surface area (Å²) in [5.41, 5.74) is 3.55. The largest absolute Gasteiger partial charge is 0.395 e. The summed E-state index contributed by atoms with van der Waals surface area (Å²) in [5, 5.41) is 14.1. The van der Waals surface area contributed by atoms with Crippen LogP contribution in [-0.4, -0.2) is 63.5 Å². The molecule has 0 radical (unpaired) electrons. The fraction of sp³-hybridized carbons (Fsp3) is 0.526. The highest BCUT2D eigenvalue weighted by Gasteiger charge is 2.23. The van der Waals surface area contributed by atoms with Gasteiger partial charge < -0.3 is 5.11 Å². The fourth-order valence-electron chi connectivity index (χ4n) is 3.52. The van der Waals surface area contributed by atoms with Crippen molar-refractivity contribution in [1.82, 2.24) is 19.6 Å². The summed E-state index contributed by atoms with van der Waals surface area (Å²) in [6, 6.07) is 10.7. The van der Waals surface area contributed by atoms with Crippen LogP contribution in [0.3, 0.4) is 0 Å². The van der Waals surface area contributed by atoms with Gasteiger partial charge >= 0.3 is 0 Å². The summed E-state index contributed by atoms with van der Waals surface area (Å²) in [4.78, 5) is 4.90. The second-order valence-corrected chi connectivity index (χ2v) is 6.60. The molecule has 3 rings (SSSR count). The molecule has 2 heterocycles. The number of aliphatic hydroxyl groups is 1. The number of aliphatic hydroxyl groups excluding tert-OH is 1. The summed E-state index contributed by atoms with van der Waals surface area (Å²) < 4.78 is 1.91. The van der Waals surface area contributed by atoms with Crippen molar-refractivity contribution in [3.8, 4) is 11.3 Å². The van der Waals surface area contributed by atoms with Crippen LogP contribution in [0, 0.1) is 0 Å². The second kappa shape index (κ2) is 7.92. The molecule has 1 aliphatic rings. The fourth-order valence-corrected chi connectivity index (χ4v) is 3.52. The van der Waals surface area contributed by atoms with Crippen LogP contribution < -0.4 is 0 Å². The van der Waals surface area contributed by atoms with Crippen molar-refractivity contribution in [1.29, 1.82) is 0 Å². The van der Waals surface area contributed by atoms with Gasteiger partial charge in [-0.15, -0.1) is 0 Å². The van der Waals surface area contributed by atoms with Crippen LogP contribution in [0.2, 0.25) is 0 Å². The average molecular weight is 328 g/mol. The minimum atomic E-state index is 0.261. The minimum absolute atomic E-state index is 0.261. The number of benzene rings is 1. The Labute approximate surface area is 144 Å². The van der Waals surface area contributed by atoms with E-state index in [4.69, 9.17) is 0 Å². The Morgan fingerprint density at radius 3 is 2.46 bits per heavy atom. The third-order valence-electron chi connectivity index (χ3n) is 4.95. The molecule has 5 heteroatoms. The van der Waals surface area contributed by atoms with Crippen LogP contribution in [0.15, 0.2) is 36.5 Å². The highest BCUT2D eigenvalue weighted by Crippen LogP contribution is 2.23. The molecule has 0 spiro atoms. The Hall–Kier alpha value is -1.69. The van der Waals surface area contributed by atoms with Crippen molar-refractivity contribution in [3.05, 3.63) is 42.1 Å². The van der Waals surface area contributed by atoms with E-state index in [1.807, 2.05) is 17.8 Å². The van der Waals surface area contributed by atoms with Gasteiger partial charge in [0.2, 0.25) is 0 Å². The van der Waals surface area contributed by atoms with E-state index in [0.29, 0.717) is 6.04 Å². The van der Waals surface area contributed by atoms with Crippen molar-refractivity contribution in [2.75, 3.05) is 32.8 Å². The van der Waals surface area contributed by atoms with Crippen molar-refractivity contribution in [3.63, 3.8) is 0 Å². The molecule has 0 bridgehead atoms. The monoisotopic (exact) mass is 328 g/mol. The molecule has 1 N–H and O–H groups in total. The highest BCUT2D eigenvalue weighted by atomic mass is 16.3. The molecule has 1 saturated heterocycles. The molecule has 1 fully saturated rings. The van der Waals surface area contributed by atoms with E-state index in [1.54, 1.807) is 0 Å². The number of hydrogen-bond acceptors (Lipinski definition) is 4. The Morgan fingerprint density at radius 2 is 1.83 bits per heavy atom. The lowest BCUT2D eigenvalue weighted by Gasteiger charge is -2.38. The second-order valence-electron chi connectivity index (χ2n) is 6.60. The van der Waals surface area contributed by atoms with Crippen molar-refractivity contribution >= 4 is 0 Å². The molecule has 1 unspecified atom stereocenters. The summed E-state index contributed by atoms with van der Waals surface area (Å²) in [5.74, 6) is 0. The van der Waals surface area contributed by atoms with E-state index < -0.39 is 0 Å². The first-order chi connectivity index (χ1) is 11.7. The lowest BCUT2D eigenvalue weighted by atomic mass is 10.1. The van der Waals surface area contributed by atoms with Crippen LogP contribution in [0.4, 0.5) is 0 Å². The first-order valence-electron chi connectivity index (χ1n) is 8.86. The maximum atomic E-state index is 9.48. The molecule has 1 aromatic heterocycles. The third-order valence-corrected chi connectivity index (χ3v) is 4.95. The van der Waals surface area contributed by atoms with Gasteiger partial charge in [0.05, 0.1) is 12.3 Å². The first kappa shape index (κ1) is 17.1. The predicted octanol–water partition coefficient (Wildman–Crippen LogP) is 1.98. The van der Waals surface area contributed by atoms with E-state index in [1.165, 1.54) is 11.1 Å². The molecule has 1 atom stereocenters. The number of aromatic nitrogens is 2. The smallest absolute Gasteiger partial charge is 0.0968 e. The molecule has 0 amide bonds. The Morgan fingerprint density at radius 1 is 1.12 bits per heavy atom. The number of aryl methyl sites for hydroxylation is 1. The lowest BCUT2D eigenvalue weighted by molar-refractivity contribution is 0.0609. The number of hydrogen-bond donors (Lipinski definition) is 1. The van der Waals surface area contributed by atoms with Gasteiger partial charge in [0.15, 0.2) is 0 Å². The van der Waals surface area contributed by atoms with Gasteiger partial charge in [-0.25, -0.2) is 0 Å². The van der Waals surface area contributed by atoms with Crippen LogP contribution in [0.25, 0.3) is 11.3 Å². The van der Waals surface area contributed by atoms with Gasteiger partial charge in [-0.05, 0) is 6.42 Å². The minimum Gasteiger partial charge on any atom is -0.395 e. The van der Waals surface area contributed by atoms with Crippen molar-refractivity contribution < 1.29 is 5.11 Å². The number of nitrogens with zero attached hydrogens (tertiary/aromatic N) is 4. The predicted molar refractivity (Wildman–Crippen MR) is 96.7 cm³/mol. The van der Waals surface area contributed by atoms with Crippen LogP contribution in [0.1, 0.15) is 18.9 Å². The van der Waals surface area contributed by atoms with Crippen LogP contribution in [-0.2, 0) is 13.6 Å². The van der Waals surface area contributed by atoms with Gasteiger partial charge in [-0.3, -0.25) is 14.5 Å². The Kier molecular flexibility index (Phi) is 5.66. The summed E-state index contributed by atoms with van der Waals surface area (Å²) in [6.45, 7) is 7.48. The van der Waals surface area contributed by atoms with E-state index in [9.17, 15) is 5.11 Å². The zero-order valence-electron chi connectivity index (χ0n) is 14.7. The zero-order chi connectivity index (χ0) is 16.9. The standard InChI is InChI=1S/C19H28N4O/c1-3-18(15-24)23-11-9-22(10-12-23)14-17-13-21(2)20-19(17)16-7-5-4-6-8-16/h4-8,13,18,24H,3,9-12,14-15H2,1-2H3. The van der Waals surface area contributed by atoms with Gasteiger partial charge in [-0.1, -0.05) is 37.3 Å². The molecule has 0 saturated carbocycles. The molecule has 5 nitrogen and oxygen atoms in total. The SMILES string of the molecule is CCC(CO)N1CCN(Cc2cn(C)nc2-c2ccccc2)CC1. The van der Waals surface area contributed by atoms with Gasteiger partial charge in [0.1, 0.15) is 0 Å². The molecule has 24 heavy (non-hydrogen) atoms. The van der Waals surface area contributed by atoms with Crippen molar-refractivity contribution in [2.45, 2.75) is 25.9 Å². The highest BCUT2D eigenvalue weighted by molar-refractivity contribution is 5.62. The van der Waals surface area contributed by atoms with Gasteiger partial charge in [0.25, 0.3) is 0 Å². The average Bonchev–Trinajstić information content (AvgIpc) is 2.98. The van der Waals surface area contributed by atoms with Crippen molar-refractivity contribution in [2.24, 2.45) is 7.05 Å². The molecular formula is C19H28N4O. The van der Waals surface area contributed by atoms with Gasteiger partial charge in [-0.2, -0.15) is 5.10 Å². The molecule has 2 aromatic rings. The topological polar surface area (TPSA) is 44.5 Å². The maximum absolute atomic E-state index is 9.48. The van der Waals surface area contributed by atoms with Crippen LogP contribution >= 0.6 is 0 Å².